The quantitative estimate of drug-likeness (QED) is 0.461. The third-order valence-electron chi connectivity index (χ3n) is 4.06. The van der Waals surface area contributed by atoms with E-state index in [4.69, 9.17) is 26.8 Å². The maximum atomic E-state index is 14.3. The molecule has 0 aliphatic carbocycles. The molecule has 2 aromatic carbocycles. The topological polar surface area (TPSA) is 87.3 Å². The van der Waals surface area contributed by atoms with Crippen LogP contribution in [0.1, 0.15) is 35.1 Å². The molecular formula is C20H18ClF2N3O3S. The van der Waals surface area contributed by atoms with E-state index in [1.807, 2.05) is 0 Å². The van der Waals surface area contributed by atoms with E-state index in [-0.39, 0.29) is 12.4 Å². The van der Waals surface area contributed by atoms with Crippen molar-refractivity contribution >= 4 is 29.0 Å². The predicted molar refractivity (Wildman–Crippen MR) is 110 cm³/mol. The third-order valence-corrected chi connectivity index (χ3v) is 4.98. The lowest BCUT2D eigenvalue weighted by Gasteiger charge is -2.10. The molecule has 0 spiro atoms. The predicted octanol–water partition coefficient (Wildman–Crippen LogP) is 4.99. The van der Waals surface area contributed by atoms with E-state index < -0.39 is 23.1 Å². The minimum atomic E-state index is -1.22. The summed E-state index contributed by atoms with van der Waals surface area (Å²) in [7, 11) is 0. The van der Waals surface area contributed by atoms with Crippen LogP contribution < -0.4 is 15.2 Å². The molecule has 0 atom stereocenters. The fraction of sp³-hybridized carbons (Fsp3) is 0.250. The van der Waals surface area contributed by atoms with Crippen LogP contribution in [0.3, 0.4) is 0 Å². The number of unbranched alkanes of at least 4 members (excludes halogenated alkanes) is 1. The third kappa shape index (κ3) is 5.03. The number of primary amides is 1. The van der Waals surface area contributed by atoms with Crippen LogP contribution in [0.2, 0.25) is 5.02 Å². The summed E-state index contributed by atoms with van der Waals surface area (Å²) in [6, 6.07) is 7.16. The number of carbonyl (C=O) groups excluding carboxylic acids is 1. The number of halogens is 3. The molecule has 0 aliphatic heterocycles. The van der Waals surface area contributed by atoms with E-state index in [0.717, 1.165) is 36.5 Å². The number of rotatable bonds is 9. The highest BCUT2D eigenvalue weighted by Crippen LogP contribution is 2.32. The SMILES string of the molecule is CCCCOc1cc(Cl)ccc1-c1nsc(COc2ccc(F)c(C(N)=O)c2F)n1. The summed E-state index contributed by atoms with van der Waals surface area (Å²) in [5, 5.41) is 0.977. The summed E-state index contributed by atoms with van der Waals surface area (Å²) >= 11 is 7.13. The Kier molecular flexibility index (Phi) is 7.17. The Balaban J connectivity index is 1.77. The van der Waals surface area contributed by atoms with Gasteiger partial charge in [-0.1, -0.05) is 24.9 Å². The zero-order valence-corrected chi connectivity index (χ0v) is 17.5. The highest BCUT2D eigenvalue weighted by molar-refractivity contribution is 7.05. The monoisotopic (exact) mass is 453 g/mol. The molecule has 1 aromatic heterocycles. The van der Waals surface area contributed by atoms with Gasteiger partial charge in [-0.3, -0.25) is 4.79 Å². The highest BCUT2D eigenvalue weighted by Gasteiger charge is 2.20. The van der Waals surface area contributed by atoms with Crippen molar-refractivity contribution < 1.29 is 23.0 Å². The highest BCUT2D eigenvalue weighted by atomic mass is 35.5. The average molecular weight is 454 g/mol. The molecule has 3 aromatic rings. The van der Waals surface area contributed by atoms with Gasteiger partial charge in [0.15, 0.2) is 22.4 Å². The molecule has 0 saturated carbocycles. The Hall–Kier alpha value is -2.78. The lowest BCUT2D eigenvalue weighted by atomic mass is 10.1. The van der Waals surface area contributed by atoms with Crippen LogP contribution in [0.15, 0.2) is 30.3 Å². The summed E-state index contributed by atoms with van der Waals surface area (Å²) in [4.78, 5) is 15.6. The number of hydrogen-bond acceptors (Lipinski definition) is 6. The Morgan fingerprint density at radius 2 is 2.00 bits per heavy atom. The van der Waals surface area contributed by atoms with Crippen LogP contribution in [0.4, 0.5) is 8.78 Å². The van der Waals surface area contributed by atoms with Gasteiger partial charge in [-0.25, -0.2) is 13.8 Å². The molecule has 0 aliphatic rings. The fourth-order valence-electron chi connectivity index (χ4n) is 2.56. The van der Waals surface area contributed by atoms with E-state index >= 15 is 0 Å². The van der Waals surface area contributed by atoms with Gasteiger partial charge < -0.3 is 15.2 Å². The van der Waals surface area contributed by atoms with Crippen LogP contribution in [-0.4, -0.2) is 21.9 Å². The molecule has 30 heavy (non-hydrogen) atoms. The Morgan fingerprint density at radius 1 is 1.20 bits per heavy atom. The van der Waals surface area contributed by atoms with E-state index in [9.17, 15) is 13.6 Å². The molecule has 0 saturated heterocycles. The molecule has 0 bridgehead atoms. The number of aromatic nitrogens is 2. The first-order valence-electron chi connectivity index (χ1n) is 9.06. The zero-order chi connectivity index (χ0) is 21.7. The lowest BCUT2D eigenvalue weighted by Crippen LogP contribution is -2.16. The molecule has 2 N–H and O–H groups in total. The van der Waals surface area contributed by atoms with Crippen molar-refractivity contribution in [2.24, 2.45) is 5.73 Å². The minimum Gasteiger partial charge on any atom is -0.493 e. The summed E-state index contributed by atoms with van der Waals surface area (Å²) in [5.41, 5.74) is 4.83. The van der Waals surface area contributed by atoms with Gasteiger partial charge in [-0.15, -0.1) is 0 Å². The Morgan fingerprint density at radius 3 is 2.73 bits per heavy atom. The Labute approximate surface area is 180 Å². The van der Waals surface area contributed by atoms with Crippen molar-refractivity contribution in [1.29, 1.82) is 0 Å². The number of benzene rings is 2. The first-order valence-corrected chi connectivity index (χ1v) is 10.2. The van der Waals surface area contributed by atoms with E-state index in [1.54, 1.807) is 18.2 Å². The van der Waals surface area contributed by atoms with Gasteiger partial charge in [0.1, 0.15) is 23.7 Å². The normalized spacial score (nSPS) is 10.8. The molecule has 0 unspecified atom stereocenters. The van der Waals surface area contributed by atoms with Crippen LogP contribution in [0.5, 0.6) is 11.5 Å². The summed E-state index contributed by atoms with van der Waals surface area (Å²) < 4.78 is 43.3. The molecular weight excluding hydrogens is 436 g/mol. The number of amides is 1. The van der Waals surface area contributed by atoms with Crippen molar-refractivity contribution in [3.8, 4) is 22.9 Å². The van der Waals surface area contributed by atoms with E-state index in [0.29, 0.717) is 33.8 Å². The molecule has 3 rings (SSSR count). The molecule has 6 nitrogen and oxygen atoms in total. The van der Waals surface area contributed by atoms with Crippen molar-refractivity contribution in [1.82, 2.24) is 9.36 Å². The number of ether oxygens (including phenoxy) is 2. The van der Waals surface area contributed by atoms with Crippen LogP contribution in [0.25, 0.3) is 11.4 Å². The van der Waals surface area contributed by atoms with Gasteiger partial charge in [-0.2, -0.15) is 4.37 Å². The number of hydrogen-bond donors (Lipinski definition) is 1. The largest absolute Gasteiger partial charge is 0.493 e. The molecule has 158 valence electrons. The molecule has 10 heteroatoms. The minimum absolute atomic E-state index is 0.127. The van der Waals surface area contributed by atoms with Crippen molar-refractivity contribution in [3.05, 3.63) is 57.6 Å². The fourth-order valence-corrected chi connectivity index (χ4v) is 3.29. The standard InChI is InChI=1S/C20H18ClF2N3O3S/c1-2-3-8-28-15-9-11(21)4-5-12(15)20-25-16(30-26-20)10-29-14-7-6-13(22)17(18(14)23)19(24)27/h4-7,9H,2-3,8,10H2,1H3,(H2,24,27). The zero-order valence-electron chi connectivity index (χ0n) is 16.0. The summed E-state index contributed by atoms with van der Waals surface area (Å²) in [6.07, 6.45) is 1.88. The Bertz CT molecular complexity index is 1060. The van der Waals surface area contributed by atoms with Gasteiger partial charge in [0.2, 0.25) is 0 Å². The second kappa shape index (κ2) is 9.82. The molecule has 0 radical (unpaired) electrons. The van der Waals surface area contributed by atoms with Crippen molar-refractivity contribution in [2.45, 2.75) is 26.4 Å². The molecule has 1 amide bonds. The molecule has 1 heterocycles. The van der Waals surface area contributed by atoms with Crippen molar-refractivity contribution in [3.63, 3.8) is 0 Å². The average Bonchev–Trinajstić information content (AvgIpc) is 3.16. The lowest BCUT2D eigenvalue weighted by molar-refractivity contribution is 0.0991. The van der Waals surface area contributed by atoms with Gasteiger partial charge in [-0.05, 0) is 48.3 Å². The first kappa shape index (κ1) is 21.9. The number of nitrogens with zero attached hydrogens (tertiary/aromatic N) is 2. The van der Waals surface area contributed by atoms with Gasteiger partial charge in [0.25, 0.3) is 5.91 Å². The first-order chi connectivity index (χ1) is 14.4. The van der Waals surface area contributed by atoms with Crippen LogP contribution in [0, 0.1) is 11.6 Å². The van der Waals surface area contributed by atoms with Gasteiger partial charge in [0.05, 0.1) is 12.2 Å². The molecule has 0 fully saturated rings. The van der Waals surface area contributed by atoms with Crippen LogP contribution >= 0.6 is 23.1 Å². The maximum absolute atomic E-state index is 14.3. The van der Waals surface area contributed by atoms with Gasteiger partial charge in [0, 0.05) is 5.02 Å². The summed E-state index contributed by atoms with van der Waals surface area (Å²) in [5.74, 6) is -2.75. The van der Waals surface area contributed by atoms with Crippen LogP contribution in [-0.2, 0) is 6.61 Å². The van der Waals surface area contributed by atoms with E-state index in [2.05, 4.69) is 16.3 Å². The van der Waals surface area contributed by atoms with E-state index in [1.165, 1.54) is 0 Å². The second-order valence-corrected chi connectivity index (χ2v) is 7.51. The summed E-state index contributed by atoms with van der Waals surface area (Å²) in [6.45, 7) is 2.47. The van der Waals surface area contributed by atoms with Crippen molar-refractivity contribution in [2.75, 3.05) is 6.61 Å². The number of nitrogens with two attached hydrogens (primary N) is 1. The van der Waals surface area contributed by atoms with Gasteiger partial charge >= 0.3 is 0 Å². The number of carbonyl (C=O) groups is 1. The maximum Gasteiger partial charge on any atom is 0.254 e. The smallest absolute Gasteiger partial charge is 0.254 e. The second-order valence-electron chi connectivity index (χ2n) is 6.24.